The van der Waals surface area contributed by atoms with Crippen LogP contribution < -0.4 is 10.0 Å². The summed E-state index contributed by atoms with van der Waals surface area (Å²) in [6, 6.07) is 6.45. The minimum absolute atomic E-state index is 0.0460. The molecule has 0 aliphatic carbocycles. The van der Waals surface area contributed by atoms with Gasteiger partial charge in [-0.05, 0) is 19.1 Å². The highest BCUT2D eigenvalue weighted by atomic mass is 32.2. The molecule has 0 spiro atoms. The van der Waals surface area contributed by atoms with Crippen LogP contribution in [0.1, 0.15) is 17.3 Å². The highest BCUT2D eigenvalue weighted by Crippen LogP contribution is 2.16. The highest BCUT2D eigenvalue weighted by Gasteiger charge is 2.14. The van der Waals surface area contributed by atoms with Crippen molar-refractivity contribution in [3.05, 3.63) is 42.5 Å². The number of amides is 1. The number of hydrogen-bond acceptors (Lipinski definition) is 3. The molecule has 1 aromatic carbocycles. The first-order valence-electron chi connectivity index (χ1n) is 5.48. The summed E-state index contributed by atoms with van der Waals surface area (Å²) in [5, 5.41) is 2.60. The fraction of sp³-hybridized carbons (Fsp3) is 0.250. The van der Waals surface area contributed by atoms with Crippen LogP contribution in [0.3, 0.4) is 0 Å². The average molecular weight is 268 g/mol. The minimum Gasteiger partial charge on any atom is -0.349 e. The van der Waals surface area contributed by atoms with Crippen LogP contribution in [-0.4, -0.2) is 26.6 Å². The third kappa shape index (κ3) is 3.89. The van der Waals surface area contributed by atoms with Crippen molar-refractivity contribution in [1.29, 1.82) is 0 Å². The molecule has 0 aliphatic heterocycles. The summed E-state index contributed by atoms with van der Waals surface area (Å²) in [7, 11) is -3.40. The number of nitrogens with one attached hydrogen (secondary N) is 2. The van der Waals surface area contributed by atoms with Crippen molar-refractivity contribution in [2.45, 2.75) is 6.92 Å². The molecule has 1 amide bonds. The Morgan fingerprint density at radius 2 is 2.06 bits per heavy atom. The van der Waals surface area contributed by atoms with Gasteiger partial charge in [0.05, 0.1) is 17.0 Å². The van der Waals surface area contributed by atoms with Gasteiger partial charge in [0.15, 0.2) is 0 Å². The summed E-state index contributed by atoms with van der Waals surface area (Å²) in [6.45, 7) is 5.35. The molecule has 1 rings (SSSR count). The third-order valence-electron chi connectivity index (χ3n) is 2.22. The Balaban J connectivity index is 2.99. The number of sulfonamides is 1. The van der Waals surface area contributed by atoms with E-state index in [1.54, 1.807) is 30.3 Å². The normalized spacial score (nSPS) is 10.7. The molecular weight excluding hydrogens is 252 g/mol. The smallest absolute Gasteiger partial charge is 0.253 e. The van der Waals surface area contributed by atoms with Crippen LogP contribution in [0.15, 0.2) is 36.9 Å². The molecule has 0 bridgehead atoms. The predicted octanol–water partition coefficient (Wildman–Crippen LogP) is 1.36. The Morgan fingerprint density at radius 3 is 2.67 bits per heavy atom. The molecule has 5 nitrogen and oxygen atoms in total. The molecule has 0 fully saturated rings. The predicted molar refractivity (Wildman–Crippen MR) is 72.1 cm³/mol. The first-order valence-corrected chi connectivity index (χ1v) is 7.14. The molecule has 0 saturated carbocycles. The average Bonchev–Trinajstić information content (AvgIpc) is 2.36. The van der Waals surface area contributed by atoms with E-state index >= 15 is 0 Å². The molecule has 1 aromatic rings. The molecule has 6 heteroatoms. The molecule has 18 heavy (non-hydrogen) atoms. The largest absolute Gasteiger partial charge is 0.349 e. The number of carbonyl (C=O) groups is 1. The van der Waals surface area contributed by atoms with E-state index in [2.05, 4.69) is 16.6 Å². The van der Waals surface area contributed by atoms with Gasteiger partial charge < -0.3 is 5.32 Å². The van der Waals surface area contributed by atoms with Gasteiger partial charge in [-0.25, -0.2) is 8.42 Å². The molecule has 0 saturated heterocycles. The van der Waals surface area contributed by atoms with Crippen LogP contribution >= 0.6 is 0 Å². The second-order valence-electron chi connectivity index (χ2n) is 3.55. The zero-order valence-corrected chi connectivity index (χ0v) is 11.0. The maximum atomic E-state index is 11.8. The number of hydrogen-bond donors (Lipinski definition) is 2. The van der Waals surface area contributed by atoms with E-state index < -0.39 is 10.0 Å². The summed E-state index contributed by atoms with van der Waals surface area (Å²) in [4.78, 5) is 11.8. The number of anilines is 1. The second-order valence-corrected chi connectivity index (χ2v) is 5.56. The van der Waals surface area contributed by atoms with Crippen LogP contribution in [0.25, 0.3) is 0 Å². The van der Waals surface area contributed by atoms with Gasteiger partial charge in [0.2, 0.25) is 10.0 Å². The van der Waals surface area contributed by atoms with Crippen molar-refractivity contribution in [2.24, 2.45) is 0 Å². The zero-order valence-electron chi connectivity index (χ0n) is 10.1. The van der Waals surface area contributed by atoms with Crippen molar-refractivity contribution in [1.82, 2.24) is 5.32 Å². The standard InChI is InChI=1S/C12H16N2O3S/c1-3-9-13-12(15)10-7-5-6-8-11(10)14-18(16,17)4-2/h3,5-8,14H,1,4,9H2,2H3,(H,13,15). The Kier molecular flexibility index (Phi) is 4.91. The molecule has 0 atom stereocenters. The molecule has 2 N–H and O–H groups in total. The molecule has 0 aromatic heterocycles. The second kappa shape index (κ2) is 6.20. The Bertz CT molecular complexity index is 538. The van der Waals surface area contributed by atoms with Crippen LogP contribution in [0.5, 0.6) is 0 Å². The summed E-state index contributed by atoms with van der Waals surface area (Å²) in [5.74, 6) is -0.389. The van der Waals surface area contributed by atoms with Crippen molar-refractivity contribution >= 4 is 21.6 Å². The van der Waals surface area contributed by atoms with Crippen LogP contribution in [0.2, 0.25) is 0 Å². The SMILES string of the molecule is C=CCNC(=O)c1ccccc1NS(=O)(=O)CC. The first kappa shape index (κ1) is 14.2. The molecule has 0 aliphatic rings. The Morgan fingerprint density at radius 1 is 1.39 bits per heavy atom. The van der Waals surface area contributed by atoms with Gasteiger partial charge in [-0.1, -0.05) is 18.2 Å². The van der Waals surface area contributed by atoms with Gasteiger partial charge in [-0.3, -0.25) is 9.52 Å². The van der Waals surface area contributed by atoms with Gasteiger partial charge in [-0.2, -0.15) is 0 Å². The van der Waals surface area contributed by atoms with E-state index in [1.165, 1.54) is 6.92 Å². The van der Waals surface area contributed by atoms with Crippen molar-refractivity contribution in [3.8, 4) is 0 Å². The molecule has 0 radical (unpaired) electrons. The van der Waals surface area contributed by atoms with E-state index in [1.807, 2.05) is 0 Å². The maximum Gasteiger partial charge on any atom is 0.253 e. The van der Waals surface area contributed by atoms with Gasteiger partial charge in [0.25, 0.3) is 5.91 Å². The van der Waals surface area contributed by atoms with Crippen LogP contribution in [-0.2, 0) is 10.0 Å². The quantitative estimate of drug-likeness (QED) is 0.765. The summed E-state index contributed by atoms with van der Waals surface area (Å²) >= 11 is 0. The van der Waals surface area contributed by atoms with Crippen molar-refractivity contribution in [3.63, 3.8) is 0 Å². The number of para-hydroxylation sites is 1. The van der Waals surface area contributed by atoms with E-state index in [0.717, 1.165) is 0 Å². The van der Waals surface area contributed by atoms with E-state index in [9.17, 15) is 13.2 Å². The van der Waals surface area contributed by atoms with E-state index in [0.29, 0.717) is 6.54 Å². The molecule has 98 valence electrons. The van der Waals surface area contributed by atoms with Gasteiger partial charge in [0.1, 0.15) is 0 Å². The van der Waals surface area contributed by atoms with Crippen molar-refractivity contribution in [2.75, 3.05) is 17.0 Å². The lowest BCUT2D eigenvalue weighted by atomic mass is 10.1. The van der Waals surface area contributed by atoms with Crippen LogP contribution in [0, 0.1) is 0 Å². The number of benzene rings is 1. The summed E-state index contributed by atoms with van der Waals surface area (Å²) in [6.07, 6.45) is 1.55. The van der Waals surface area contributed by atoms with Crippen LogP contribution in [0.4, 0.5) is 5.69 Å². The molecular formula is C12H16N2O3S. The Labute approximate surface area is 107 Å². The van der Waals surface area contributed by atoms with E-state index in [4.69, 9.17) is 0 Å². The lowest BCUT2D eigenvalue weighted by Crippen LogP contribution is -2.25. The number of carbonyl (C=O) groups excluding carboxylic acids is 1. The monoisotopic (exact) mass is 268 g/mol. The zero-order chi connectivity index (χ0) is 13.6. The lowest BCUT2D eigenvalue weighted by molar-refractivity contribution is 0.0959. The fourth-order valence-electron chi connectivity index (χ4n) is 1.27. The third-order valence-corrected chi connectivity index (χ3v) is 3.52. The minimum atomic E-state index is -3.40. The van der Waals surface area contributed by atoms with Crippen molar-refractivity contribution < 1.29 is 13.2 Å². The number of rotatable bonds is 6. The Hall–Kier alpha value is -1.82. The lowest BCUT2D eigenvalue weighted by Gasteiger charge is -2.11. The highest BCUT2D eigenvalue weighted by molar-refractivity contribution is 7.92. The van der Waals surface area contributed by atoms with Gasteiger partial charge in [-0.15, -0.1) is 6.58 Å². The van der Waals surface area contributed by atoms with E-state index in [-0.39, 0.29) is 22.9 Å². The first-order chi connectivity index (χ1) is 8.50. The summed E-state index contributed by atoms with van der Waals surface area (Å²) < 4.78 is 25.4. The topological polar surface area (TPSA) is 75.3 Å². The summed E-state index contributed by atoms with van der Waals surface area (Å²) in [5.41, 5.74) is 0.567. The molecule has 0 heterocycles. The van der Waals surface area contributed by atoms with Gasteiger partial charge in [0, 0.05) is 6.54 Å². The fourth-order valence-corrected chi connectivity index (χ4v) is 1.93. The molecule has 0 unspecified atom stereocenters. The maximum absolute atomic E-state index is 11.8. The van der Waals surface area contributed by atoms with Gasteiger partial charge >= 0.3 is 0 Å².